The van der Waals surface area contributed by atoms with Crippen molar-refractivity contribution in [3.8, 4) is 0 Å². The van der Waals surface area contributed by atoms with Crippen molar-refractivity contribution < 1.29 is 4.79 Å². The fourth-order valence-electron chi connectivity index (χ4n) is 4.29. The van der Waals surface area contributed by atoms with Crippen LogP contribution in [0.4, 0.5) is 0 Å². The van der Waals surface area contributed by atoms with E-state index in [2.05, 4.69) is 52.3 Å². The molecule has 4 rings (SSSR count). The Bertz CT molecular complexity index is 705. The zero-order chi connectivity index (χ0) is 17.1. The van der Waals surface area contributed by atoms with Gasteiger partial charge in [0, 0.05) is 26.1 Å². The van der Waals surface area contributed by atoms with Crippen LogP contribution in [0.3, 0.4) is 0 Å². The largest absolute Gasteiger partial charge is 0.338 e. The average molecular weight is 334 g/mol. The van der Waals surface area contributed by atoms with E-state index in [9.17, 15) is 4.79 Å². The molecule has 0 N–H and O–H groups in total. The second-order valence-electron chi connectivity index (χ2n) is 7.67. The van der Waals surface area contributed by atoms with Gasteiger partial charge >= 0.3 is 0 Å². The Morgan fingerprint density at radius 1 is 0.800 bits per heavy atom. The fraction of sp³-hybridized carbons (Fsp3) is 0.409. The van der Waals surface area contributed by atoms with Crippen molar-refractivity contribution in [2.45, 2.75) is 32.4 Å². The summed E-state index contributed by atoms with van der Waals surface area (Å²) in [6.45, 7) is 4.91. The molecule has 1 amide bonds. The molecular formula is C22H26N2O. The third kappa shape index (κ3) is 3.77. The van der Waals surface area contributed by atoms with Crippen LogP contribution < -0.4 is 0 Å². The van der Waals surface area contributed by atoms with Gasteiger partial charge in [-0.15, -0.1) is 0 Å². The van der Waals surface area contributed by atoms with Crippen LogP contribution in [0.25, 0.3) is 0 Å². The zero-order valence-electron chi connectivity index (χ0n) is 14.7. The minimum absolute atomic E-state index is 0.207. The van der Waals surface area contributed by atoms with Crippen LogP contribution in [0, 0.1) is 5.41 Å². The zero-order valence-corrected chi connectivity index (χ0v) is 14.7. The van der Waals surface area contributed by atoms with Gasteiger partial charge in [-0.3, -0.25) is 9.69 Å². The number of likely N-dealkylation sites (tertiary alicyclic amines) is 2. The van der Waals surface area contributed by atoms with Crippen molar-refractivity contribution in [1.29, 1.82) is 0 Å². The lowest BCUT2D eigenvalue weighted by molar-refractivity contribution is -0.128. The summed E-state index contributed by atoms with van der Waals surface area (Å²) in [5.74, 6) is 0.334. The third-order valence-electron chi connectivity index (χ3n) is 5.79. The molecule has 3 heteroatoms. The van der Waals surface area contributed by atoms with E-state index in [1.165, 1.54) is 11.1 Å². The average Bonchev–Trinajstić information content (AvgIpc) is 2.94. The Morgan fingerprint density at radius 2 is 1.36 bits per heavy atom. The monoisotopic (exact) mass is 334 g/mol. The molecule has 0 radical (unpaired) electrons. The number of hydrogen-bond acceptors (Lipinski definition) is 2. The highest BCUT2D eigenvalue weighted by atomic mass is 16.2. The van der Waals surface area contributed by atoms with Crippen LogP contribution >= 0.6 is 0 Å². The van der Waals surface area contributed by atoms with E-state index in [0.717, 1.165) is 52.0 Å². The molecule has 0 unspecified atom stereocenters. The number of hydrogen-bond donors (Lipinski definition) is 0. The summed E-state index contributed by atoms with van der Waals surface area (Å²) in [6.07, 6.45) is 3.01. The van der Waals surface area contributed by atoms with Crippen molar-refractivity contribution in [3.05, 3.63) is 71.8 Å². The Balaban J connectivity index is 1.34. The maximum absolute atomic E-state index is 12.5. The van der Waals surface area contributed by atoms with Crippen LogP contribution in [0.1, 0.15) is 30.4 Å². The lowest BCUT2D eigenvalue weighted by Gasteiger charge is -2.38. The molecule has 2 heterocycles. The maximum Gasteiger partial charge on any atom is 0.223 e. The lowest BCUT2D eigenvalue weighted by Crippen LogP contribution is -2.41. The first-order valence-corrected chi connectivity index (χ1v) is 9.31. The van der Waals surface area contributed by atoms with Gasteiger partial charge in [0.15, 0.2) is 0 Å². The van der Waals surface area contributed by atoms with Gasteiger partial charge in [0.05, 0.1) is 0 Å². The topological polar surface area (TPSA) is 23.6 Å². The molecule has 2 aromatic rings. The number of benzene rings is 2. The number of piperidine rings is 1. The van der Waals surface area contributed by atoms with E-state index in [0.29, 0.717) is 5.91 Å². The van der Waals surface area contributed by atoms with Gasteiger partial charge in [-0.2, -0.15) is 0 Å². The smallest absolute Gasteiger partial charge is 0.223 e. The van der Waals surface area contributed by atoms with Gasteiger partial charge in [-0.25, -0.2) is 0 Å². The van der Waals surface area contributed by atoms with E-state index in [1.807, 2.05) is 18.2 Å². The summed E-state index contributed by atoms with van der Waals surface area (Å²) in [5, 5.41) is 0. The van der Waals surface area contributed by atoms with Gasteiger partial charge in [-0.1, -0.05) is 60.7 Å². The number of rotatable bonds is 4. The van der Waals surface area contributed by atoms with Crippen molar-refractivity contribution in [2.24, 2.45) is 5.41 Å². The van der Waals surface area contributed by atoms with Crippen LogP contribution in [-0.4, -0.2) is 35.3 Å². The summed E-state index contributed by atoms with van der Waals surface area (Å²) in [7, 11) is 0. The molecule has 0 atom stereocenters. The first-order valence-electron chi connectivity index (χ1n) is 9.31. The first-order chi connectivity index (χ1) is 12.2. The SMILES string of the molecule is O=C1CC2(CCN(Cc3ccccc3)CC2)CN1Cc1ccccc1. The van der Waals surface area contributed by atoms with Gasteiger partial charge in [0.2, 0.25) is 5.91 Å². The van der Waals surface area contributed by atoms with Crippen LogP contribution in [-0.2, 0) is 17.9 Å². The molecule has 130 valence electrons. The van der Waals surface area contributed by atoms with Crippen LogP contribution in [0.15, 0.2) is 60.7 Å². The summed E-state index contributed by atoms with van der Waals surface area (Å²) in [5.41, 5.74) is 2.82. The Kier molecular flexibility index (Phi) is 4.58. The molecule has 0 bridgehead atoms. The van der Waals surface area contributed by atoms with Crippen molar-refractivity contribution in [3.63, 3.8) is 0 Å². The Labute approximate surface area is 150 Å². The molecule has 2 fully saturated rings. The van der Waals surface area contributed by atoms with Gasteiger partial charge < -0.3 is 4.90 Å². The molecule has 2 aliphatic rings. The van der Waals surface area contributed by atoms with Crippen LogP contribution in [0.2, 0.25) is 0 Å². The molecule has 0 aliphatic carbocycles. The second-order valence-corrected chi connectivity index (χ2v) is 7.67. The molecule has 0 saturated carbocycles. The second kappa shape index (κ2) is 7.01. The van der Waals surface area contributed by atoms with Crippen molar-refractivity contribution in [2.75, 3.05) is 19.6 Å². The maximum atomic E-state index is 12.5. The quantitative estimate of drug-likeness (QED) is 0.851. The number of nitrogens with zero attached hydrogens (tertiary/aromatic N) is 2. The molecule has 0 aromatic heterocycles. The van der Waals surface area contributed by atoms with Gasteiger partial charge in [0.25, 0.3) is 0 Å². The number of amides is 1. The fourth-order valence-corrected chi connectivity index (χ4v) is 4.29. The summed E-state index contributed by atoms with van der Waals surface area (Å²) < 4.78 is 0. The number of carbonyl (C=O) groups excluding carboxylic acids is 1. The van der Waals surface area contributed by atoms with E-state index in [4.69, 9.17) is 0 Å². The van der Waals surface area contributed by atoms with E-state index in [1.54, 1.807) is 0 Å². The highest BCUT2D eigenvalue weighted by Gasteiger charge is 2.44. The third-order valence-corrected chi connectivity index (χ3v) is 5.79. The predicted octanol–water partition coefficient (Wildman–Crippen LogP) is 3.70. The Hall–Kier alpha value is -2.13. The highest BCUT2D eigenvalue weighted by molar-refractivity contribution is 5.79. The molecule has 2 aromatic carbocycles. The molecule has 2 saturated heterocycles. The minimum atomic E-state index is 0.207. The van der Waals surface area contributed by atoms with Crippen molar-refractivity contribution >= 4 is 5.91 Å². The predicted molar refractivity (Wildman–Crippen MR) is 99.9 cm³/mol. The summed E-state index contributed by atoms with van der Waals surface area (Å²) in [6, 6.07) is 21.0. The normalized spacial score (nSPS) is 20.3. The molecule has 1 spiro atoms. The lowest BCUT2D eigenvalue weighted by atomic mass is 9.77. The van der Waals surface area contributed by atoms with Gasteiger partial charge in [-0.05, 0) is 42.5 Å². The summed E-state index contributed by atoms with van der Waals surface area (Å²) in [4.78, 5) is 17.1. The van der Waals surface area contributed by atoms with E-state index < -0.39 is 0 Å². The van der Waals surface area contributed by atoms with E-state index >= 15 is 0 Å². The van der Waals surface area contributed by atoms with Gasteiger partial charge in [0.1, 0.15) is 0 Å². The minimum Gasteiger partial charge on any atom is -0.338 e. The first kappa shape index (κ1) is 16.3. The van der Waals surface area contributed by atoms with E-state index in [-0.39, 0.29) is 5.41 Å². The molecular weight excluding hydrogens is 308 g/mol. The van der Waals surface area contributed by atoms with Crippen molar-refractivity contribution in [1.82, 2.24) is 9.80 Å². The Morgan fingerprint density at radius 3 is 1.96 bits per heavy atom. The molecule has 25 heavy (non-hydrogen) atoms. The summed E-state index contributed by atoms with van der Waals surface area (Å²) >= 11 is 0. The molecule has 3 nitrogen and oxygen atoms in total. The highest BCUT2D eigenvalue weighted by Crippen LogP contribution is 2.41. The van der Waals surface area contributed by atoms with Crippen LogP contribution in [0.5, 0.6) is 0 Å². The molecule has 2 aliphatic heterocycles. The number of carbonyl (C=O) groups is 1. The standard InChI is InChI=1S/C22H26N2O/c25-21-15-22(18-24(21)17-20-9-5-2-6-10-20)11-13-23(14-12-22)16-19-7-3-1-4-8-19/h1-10H,11-18H2.